The van der Waals surface area contributed by atoms with Crippen molar-refractivity contribution in [2.24, 2.45) is 0 Å². The average Bonchev–Trinajstić information content (AvgIpc) is 2.57. The molecule has 0 bridgehead atoms. The largest absolute Gasteiger partial charge is 0.397 e. The molecule has 0 atom stereocenters. The van der Waals surface area contributed by atoms with Crippen LogP contribution in [0.15, 0.2) is 0 Å². The van der Waals surface area contributed by atoms with E-state index in [9.17, 15) is 18.0 Å². The molecule has 1 N–H and O–H groups in total. The Balaban J connectivity index is 2.18. The first-order chi connectivity index (χ1) is 9.28. The van der Waals surface area contributed by atoms with Crippen LogP contribution in [0.25, 0.3) is 0 Å². The summed E-state index contributed by atoms with van der Waals surface area (Å²) in [5, 5.41) is 7.17. The van der Waals surface area contributed by atoms with Gasteiger partial charge in [0.05, 0.1) is 5.69 Å². The number of aryl methyl sites for hydroxylation is 1. The van der Waals surface area contributed by atoms with Crippen molar-refractivity contribution in [3.05, 3.63) is 17.0 Å². The Labute approximate surface area is 115 Å². The molecule has 1 aliphatic rings. The summed E-state index contributed by atoms with van der Waals surface area (Å²) >= 11 is 0. The normalized spacial score (nSPS) is 16.2. The lowest BCUT2D eigenvalue weighted by Crippen LogP contribution is -2.34. The number of hydrogen-bond acceptors (Lipinski definition) is 2. The summed E-state index contributed by atoms with van der Waals surface area (Å²) in [5.41, 5.74) is 2.66. The summed E-state index contributed by atoms with van der Waals surface area (Å²) in [6.07, 6.45) is -4.48. The van der Waals surface area contributed by atoms with Crippen LogP contribution in [0.1, 0.15) is 49.6 Å². The molecule has 1 aliphatic heterocycles. The maximum absolute atomic E-state index is 12.3. The molecule has 0 radical (unpaired) electrons. The molecule has 0 fully saturated rings. The minimum Gasteiger partial charge on any atom is -0.338 e. The summed E-state index contributed by atoms with van der Waals surface area (Å²) in [4.78, 5) is 13.0. The van der Waals surface area contributed by atoms with Crippen LogP contribution >= 0.6 is 0 Å². The van der Waals surface area contributed by atoms with Gasteiger partial charge in [-0.2, -0.15) is 18.3 Å². The molecule has 20 heavy (non-hydrogen) atoms. The average molecular weight is 289 g/mol. The zero-order valence-corrected chi connectivity index (χ0v) is 11.5. The molecule has 0 aromatic carbocycles. The van der Waals surface area contributed by atoms with Gasteiger partial charge in [-0.1, -0.05) is 13.8 Å². The van der Waals surface area contributed by atoms with E-state index in [0.29, 0.717) is 19.4 Å². The van der Waals surface area contributed by atoms with E-state index in [0.717, 1.165) is 17.0 Å². The van der Waals surface area contributed by atoms with Crippen molar-refractivity contribution in [3.8, 4) is 0 Å². The van der Waals surface area contributed by atoms with Gasteiger partial charge in [-0.05, 0) is 18.8 Å². The van der Waals surface area contributed by atoms with Crippen molar-refractivity contribution >= 4 is 5.91 Å². The van der Waals surface area contributed by atoms with Gasteiger partial charge < -0.3 is 4.90 Å². The van der Waals surface area contributed by atoms with E-state index in [1.807, 2.05) is 13.8 Å². The minimum absolute atomic E-state index is 0.174. The molecule has 4 nitrogen and oxygen atoms in total. The van der Waals surface area contributed by atoms with Crippen LogP contribution in [0.3, 0.4) is 0 Å². The Kier molecular flexibility index (Phi) is 4.06. The Morgan fingerprint density at radius 2 is 2.15 bits per heavy atom. The van der Waals surface area contributed by atoms with Crippen molar-refractivity contribution in [1.29, 1.82) is 0 Å². The highest BCUT2D eigenvalue weighted by Gasteiger charge is 2.34. The fraction of sp³-hybridized carbons (Fsp3) is 0.692. The number of nitrogens with one attached hydrogen (secondary N) is 1. The standard InChI is InChI=1S/C13H18F3N3O/c1-8(2)12-9-7-19(11(20)6-13(14,15)16)5-3-4-10(9)17-18-12/h8H,3-7H2,1-2H3,(H,17,18). The molecule has 1 aromatic rings. The topological polar surface area (TPSA) is 49.0 Å². The number of H-pyrrole nitrogens is 1. The lowest BCUT2D eigenvalue weighted by molar-refractivity contribution is -0.161. The Morgan fingerprint density at radius 3 is 2.75 bits per heavy atom. The van der Waals surface area contributed by atoms with Crippen LogP contribution in [0.4, 0.5) is 13.2 Å². The maximum Gasteiger partial charge on any atom is 0.397 e. The predicted octanol–water partition coefficient (Wildman–Crippen LogP) is 2.76. The van der Waals surface area contributed by atoms with Crippen molar-refractivity contribution in [3.63, 3.8) is 0 Å². The maximum atomic E-state index is 12.3. The van der Waals surface area contributed by atoms with Crippen LogP contribution in [-0.2, 0) is 17.8 Å². The van der Waals surface area contributed by atoms with E-state index < -0.39 is 18.5 Å². The van der Waals surface area contributed by atoms with Crippen LogP contribution in [0.2, 0.25) is 0 Å². The molecular formula is C13H18F3N3O. The van der Waals surface area contributed by atoms with E-state index in [4.69, 9.17) is 0 Å². The highest BCUT2D eigenvalue weighted by Crippen LogP contribution is 2.27. The van der Waals surface area contributed by atoms with Gasteiger partial charge in [0.1, 0.15) is 6.42 Å². The lowest BCUT2D eigenvalue weighted by atomic mass is 10.0. The first kappa shape index (κ1) is 14.9. The smallest absolute Gasteiger partial charge is 0.338 e. The Hall–Kier alpha value is -1.53. The quantitative estimate of drug-likeness (QED) is 0.910. The van der Waals surface area contributed by atoms with E-state index >= 15 is 0 Å². The van der Waals surface area contributed by atoms with Crippen molar-refractivity contribution in [2.75, 3.05) is 6.54 Å². The van der Waals surface area contributed by atoms with Gasteiger partial charge in [0, 0.05) is 24.3 Å². The Bertz CT molecular complexity index is 494. The van der Waals surface area contributed by atoms with Gasteiger partial charge in [-0.15, -0.1) is 0 Å². The summed E-state index contributed by atoms with van der Waals surface area (Å²) in [6, 6.07) is 0. The zero-order valence-electron chi connectivity index (χ0n) is 11.5. The molecule has 0 aliphatic carbocycles. The second kappa shape index (κ2) is 5.46. The van der Waals surface area contributed by atoms with Crippen LogP contribution in [0.5, 0.6) is 0 Å². The first-order valence-corrected chi connectivity index (χ1v) is 6.68. The first-order valence-electron chi connectivity index (χ1n) is 6.68. The van der Waals surface area contributed by atoms with Gasteiger partial charge in [-0.3, -0.25) is 9.89 Å². The van der Waals surface area contributed by atoms with E-state index in [1.54, 1.807) is 0 Å². The molecule has 112 valence electrons. The van der Waals surface area contributed by atoms with Crippen molar-refractivity contribution in [1.82, 2.24) is 15.1 Å². The number of aromatic amines is 1. The van der Waals surface area contributed by atoms with E-state index in [1.165, 1.54) is 4.90 Å². The van der Waals surface area contributed by atoms with Gasteiger partial charge in [0.15, 0.2) is 0 Å². The van der Waals surface area contributed by atoms with Crippen molar-refractivity contribution < 1.29 is 18.0 Å². The SMILES string of the molecule is CC(C)c1n[nH]c2c1CN(C(=O)CC(F)(F)F)CCC2. The van der Waals surface area contributed by atoms with E-state index in [2.05, 4.69) is 10.2 Å². The molecule has 0 unspecified atom stereocenters. The number of aromatic nitrogens is 2. The third kappa shape index (κ3) is 3.32. The number of carbonyl (C=O) groups excluding carboxylic acids is 1. The van der Waals surface area contributed by atoms with Crippen molar-refractivity contribution in [2.45, 2.75) is 51.7 Å². The van der Waals surface area contributed by atoms with Crippen LogP contribution < -0.4 is 0 Å². The number of alkyl halides is 3. The molecule has 1 amide bonds. The number of amides is 1. The second-order valence-corrected chi connectivity index (χ2v) is 5.43. The van der Waals surface area contributed by atoms with Gasteiger partial charge in [-0.25, -0.2) is 0 Å². The summed E-state index contributed by atoms with van der Waals surface area (Å²) < 4.78 is 37.0. The number of halogens is 3. The number of fused-ring (bicyclic) bond motifs is 1. The molecular weight excluding hydrogens is 271 g/mol. The fourth-order valence-electron chi connectivity index (χ4n) is 2.49. The molecule has 2 rings (SSSR count). The van der Waals surface area contributed by atoms with Gasteiger partial charge in [0.25, 0.3) is 0 Å². The summed E-state index contributed by atoms with van der Waals surface area (Å²) in [6.45, 7) is 4.52. The molecule has 2 heterocycles. The number of hydrogen-bond donors (Lipinski definition) is 1. The summed E-state index contributed by atoms with van der Waals surface area (Å²) in [5.74, 6) is -0.686. The lowest BCUT2D eigenvalue weighted by Gasteiger charge is -2.22. The molecule has 0 saturated carbocycles. The highest BCUT2D eigenvalue weighted by atomic mass is 19.4. The van der Waals surface area contributed by atoms with Crippen LogP contribution in [0, 0.1) is 0 Å². The van der Waals surface area contributed by atoms with Gasteiger partial charge >= 0.3 is 6.18 Å². The second-order valence-electron chi connectivity index (χ2n) is 5.43. The zero-order chi connectivity index (χ0) is 14.9. The molecule has 7 heteroatoms. The monoisotopic (exact) mass is 289 g/mol. The molecule has 0 saturated heterocycles. The third-order valence-corrected chi connectivity index (χ3v) is 3.44. The Morgan fingerprint density at radius 1 is 1.45 bits per heavy atom. The fourth-order valence-corrected chi connectivity index (χ4v) is 2.49. The van der Waals surface area contributed by atoms with Crippen LogP contribution in [-0.4, -0.2) is 33.7 Å². The molecule has 0 spiro atoms. The molecule has 1 aromatic heterocycles. The van der Waals surface area contributed by atoms with E-state index in [-0.39, 0.29) is 12.5 Å². The third-order valence-electron chi connectivity index (χ3n) is 3.44. The minimum atomic E-state index is -4.45. The summed E-state index contributed by atoms with van der Waals surface area (Å²) in [7, 11) is 0. The van der Waals surface area contributed by atoms with Gasteiger partial charge in [0.2, 0.25) is 5.91 Å². The number of rotatable bonds is 2. The number of carbonyl (C=O) groups is 1. The highest BCUT2D eigenvalue weighted by molar-refractivity contribution is 5.77. The predicted molar refractivity (Wildman–Crippen MR) is 67.1 cm³/mol. The number of nitrogens with zero attached hydrogens (tertiary/aromatic N) is 2.